The molecule has 3 rings (SSSR count). The van der Waals surface area contributed by atoms with Crippen molar-refractivity contribution in [3.05, 3.63) is 31.9 Å². The maximum atomic E-state index is 13.2. The smallest absolute Gasteiger partial charge is 0.270 e. The van der Waals surface area contributed by atoms with E-state index in [9.17, 15) is 14.9 Å². The van der Waals surface area contributed by atoms with Gasteiger partial charge in [-0.2, -0.15) is 5.26 Å². The maximum Gasteiger partial charge on any atom is 0.270 e. The number of thiocarbonyl (C=S) groups is 1. The zero-order valence-electron chi connectivity index (χ0n) is 17.9. The molecular weight excluding hydrogens is 416 g/mol. The molecule has 6 nitrogen and oxygen atoms in total. The number of unbranched alkanes of at least 4 members (excludes halogenated alkanes) is 1. The Balaban J connectivity index is 2.27. The van der Waals surface area contributed by atoms with Gasteiger partial charge in [0.2, 0.25) is 0 Å². The molecule has 0 bridgehead atoms. The van der Waals surface area contributed by atoms with Crippen LogP contribution in [0.4, 0.5) is 5.82 Å². The zero-order chi connectivity index (χ0) is 21.8. The summed E-state index contributed by atoms with van der Waals surface area (Å²) in [5, 5.41) is 9.72. The van der Waals surface area contributed by atoms with E-state index in [0.29, 0.717) is 21.3 Å². The summed E-state index contributed by atoms with van der Waals surface area (Å²) >= 11 is 6.55. The van der Waals surface area contributed by atoms with Gasteiger partial charge in [0.15, 0.2) is 0 Å². The molecule has 2 aliphatic heterocycles. The van der Waals surface area contributed by atoms with Crippen molar-refractivity contribution in [3.63, 3.8) is 0 Å². The number of carbonyl (C=O) groups excluding carboxylic acids is 1. The summed E-state index contributed by atoms with van der Waals surface area (Å²) in [5.41, 5.74) is 1.35. The molecule has 0 saturated carbocycles. The van der Waals surface area contributed by atoms with Crippen molar-refractivity contribution in [1.29, 1.82) is 5.26 Å². The van der Waals surface area contributed by atoms with Crippen LogP contribution in [0.15, 0.2) is 9.70 Å². The van der Waals surface area contributed by atoms with Gasteiger partial charge < -0.3 is 4.90 Å². The Morgan fingerprint density at radius 3 is 2.40 bits per heavy atom. The number of aromatic nitrogens is 1. The van der Waals surface area contributed by atoms with Crippen molar-refractivity contribution in [2.24, 2.45) is 0 Å². The van der Waals surface area contributed by atoms with Gasteiger partial charge in [-0.15, -0.1) is 0 Å². The average Bonchev–Trinajstić information content (AvgIpc) is 2.92. The number of thioether (sulfide) groups is 1. The Morgan fingerprint density at radius 1 is 1.20 bits per heavy atom. The minimum absolute atomic E-state index is 0.143. The summed E-state index contributed by atoms with van der Waals surface area (Å²) < 4.78 is 2.28. The molecule has 0 N–H and O–H groups in total. The highest BCUT2D eigenvalue weighted by Crippen LogP contribution is 2.35. The number of likely N-dealkylation sites (N-methyl/N-ethyl adjacent to an activating group) is 1. The van der Waals surface area contributed by atoms with Crippen LogP contribution >= 0.6 is 24.0 Å². The summed E-state index contributed by atoms with van der Waals surface area (Å²) in [6.07, 6.45) is 8.12. The normalized spacial score (nSPS) is 18.8. The van der Waals surface area contributed by atoms with Crippen LogP contribution in [0, 0.1) is 18.3 Å². The van der Waals surface area contributed by atoms with E-state index in [0.717, 1.165) is 50.2 Å². The molecule has 2 aliphatic rings. The first kappa shape index (κ1) is 22.6. The minimum atomic E-state index is -0.233. The lowest BCUT2D eigenvalue weighted by atomic mass is 10.0. The maximum absolute atomic E-state index is 13.2. The molecule has 8 heteroatoms. The minimum Gasteiger partial charge on any atom is -0.357 e. The van der Waals surface area contributed by atoms with Crippen molar-refractivity contribution in [2.75, 3.05) is 25.0 Å². The molecule has 2 saturated heterocycles. The predicted molar refractivity (Wildman–Crippen MR) is 127 cm³/mol. The van der Waals surface area contributed by atoms with Gasteiger partial charge in [0, 0.05) is 32.2 Å². The Labute approximate surface area is 187 Å². The first-order valence-electron chi connectivity index (χ1n) is 10.5. The number of hydrogen-bond donors (Lipinski definition) is 0. The number of nitrogens with zero attached hydrogens (tertiary/aromatic N) is 4. The van der Waals surface area contributed by atoms with Gasteiger partial charge in [0.1, 0.15) is 21.8 Å². The second-order valence-corrected chi connectivity index (χ2v) is 9.48. The van der Waals surface area contributed by atoms with Gasteiger partial charge in [0.05, 0.1) is 4.91 Å². The highest BCUT2D eigenvalue weighted by atomic mass is 32.2. The molecule has 0 unspecified atom stereocenters. The van der Waals surface area contributed by atoms with Crippen molar-refractivity contribution < 1.29 is 4.79 Å². The van der Waals surface area contributed by atoms with E-state index in [-0.39, 0.29) is 17.0 Å². The fourth-order valence-corrected chi connectivity index (χ4v) is 5.13. The van der Waals surface area contributed by atoms with E-state index in [4.69, 9.17) is 12.2 Å². The van der Waals surface area contributed by atoms with Crippen LogP contribution in [-0.2, 0) is 11.3 Å². The highest BCUT2D eigenvalue weighted by molar-refractivity contribution is 8.26. The molecule has 1 amide bonds. The summed E-state index contributed by atoms with van der Waals surface area (Å²) in [5.74, 6) is 0.698. The number of hydrogen-bond acceptors (Lipinski definition) is 6. The summed E-state index contributed by atoms with van der Waals surface area (Å²) in [6, 6.07) is 2.11. The molecule has 0 atom stereocenters. The van der Waals surface area contributed by atoms with Crippen LogP contribution in [-0.4, -0.2) is 39.8 Å². The molecule has 2 fully saturated rings. The van der Waals surface area contributed by atoms with Gasteiger partial charge in [-0.3, -0.25) is 19.1 Å². The van der Waals surface area contributed by atoms with Crippen LogP contribution in [0.3, 0.4) is 0 Å². The Hall–Kier alpha value is -2.11. The molecule has 0 aromatic carbocycles. The van der Waals surface area contributed by atoms with Gasteiger partial charge in [-0.1, -0.05) is 50.2 Å². The Bertz CT molecular complexity index is 982. The van der Waals surface area contributed by atoms with Crippen LogP contribution < -0.4 is 10.5 Å². The molecule has 1 aromatic rings. The average molecular weight is 445 g/mol. The summed E-state index contributed by atoms with van der Waals surface area (Å²) in [6.45, 7) is 6.19. The molecule has 1 aromatic heterocycles. The zero-order valence-corrected chi connectivity index (χ0v) is 19.5. The fraction of sp³-hybridized carbons (Fsp3) is 0.545. The lowest BCUT2D eigenvalue weighted by Gasteiger charge is -2.29. The van der Waals surface area contributed by atoms with Gasteiger partial charge in [0.25, 0.3) is 11.5 Å². The van der Waals surface area contributed by atoms with Gasteiger partial charge >= 0.3 is 0 Å². The second kappa shape index (κ2) is 9.80. The van der Waals surface area contributed by atoms with Crippen LogP contribution in [0.1, 0.15) is 62.1 Å². The predicted octanol–water partition coefficient (Wildman–Crippen LogP) is 4.04. The van der Waals surface area contributed by atoms with E-state index in [1.807, 2.05) is 13.0 Å². The van der Waals surface area contributed by atoms with Gasteiger partial charge in [-0.05, 0) is 37.8 Å². The standard InChI is InChI=1S/C22H28N4O2S2/c1-4-5-12-26-19(25-10-8-6-7-9-11-25)16(15(2)17(14-23)20(26)27)13-18-21(28)24(3)22(29)30-18/h13H,4-12H2,1-3H3/b18-13+. The lowest BCUT2D eigenvalue weighted by Crippen LogP contribution is -2.35. The SMILES string of the molecule is CCCCn1c(N2CCCCCC2)c(/C=C2/SC(=S)N(C)C2=O)c(C)c(C#N)c1=O. The molecule has 0 radical (unpaired) electrons. The van der Waals surface area contributed by atoms with E-state index >= 15 is 0 Å². The van der Waals surface area contributed by atoms with Crippen LogP contribution in [0.2, 0.25) is 0 Å². The van der Waals surface area contributed by atoms with Crippen molar-refractivity contribution in [2.45, 2.75) is 58.9 Å². The number of anilines is 1. The van der Waals surface area contributed by atoms with E-state index in [1.165, 1.54) is 29.5 Å². The fourth-order valence-electron chi connectivity index (χ4n) is 3.97. The Kier molecular flexibility index (Phi) is 7.37. The molecule has 3 heterocycles. The second-order valence-electron chi connectivity index (χ2n) is 7.80. The highest BCUT2D eigenvalue weighted by Gasteiger charge is 2.31. The monoisotopic (exact) mass is 444 g/mol. The Morgan fingerprint density at radius 2 is 1.87 bits per heavy atom. The van der Waals surface area contributed by atoms with E-state index < -0.39 is 0 Å². The molecular formula is C22H28N4O2S2. The molecule has 30 heavy (non-hydrogen) atoms. The number of rotatable bonds is 5. The third-order valence-corrected chi connectivity index (χ3v) is 7.23. The lowest BCUT2D eigenvalue weighted by molar-refractivity contribution is -0.121. The largest absolute Gasteiger partial charge is 0.357 e. The first-order chi connectivity index (χ1) is 14.4. The molecule has 0 aliphatic carbocycles. The number of nitriles is 1. The van der Waals surface area contributed by atoms with Crippen LogP contribution in [0.5, 0.6) is 0 Å². The van der Waals surface area contributed by atoms with E-state index in [1.54, 1.807) is 11.6 Å². The van der Waals surface area contributed by atoms with Crippen molar-refractivity contribution in [1.82, 2.24) is 9.47 Å². The first-order valence-corrected chi connectivity index (χ1v) is 11.8. The van der Waals surface area contributed by atoms with Gasteiger partial charge in [-0.25, -0.2) is 0 Å². The number of pyridine rings is 1. The topological polar surface area (TPSA) is 69.3 Å². The van der Waals surface area contributed by atoms with E-state index in [2.05, 4.69) is 17.9 Å². The summed E-state index contributed by atoms with van der Waals surface area (Å²) in [7, 11) is 1.67. The van der Waals surface area contributed by atoms with Crippen LogP contribution in [0.25, 0.3) is 6.08 Å². The van der Waals surface area contributed by atoms with Crippen molar-refractivity contribution >= 4 is 46.1 Å². The third kappa shape index (κ3) is 4.33. The number of amides is 1. The number of carbonyl (C=O) groups is 1. The molecule has 160 valence electrons. The summed E-state index contributed by atoms with van der Waals surface area (Å²) in [4.78, 5) is 30.2. The quantitative estimate of drug-likeness (QED) is 0.504. The van der Waals surface area contributed by atoms with Crippen molar-refractivity contribution in [3.8, 4) is 6.07 Å². The third-order valence-electron chi connectivity index (χ3n) is 5.75. The molecule has 0 spiro atoms.